The third kappa shape index (κ3) is 4.16. The minimum atomic E-state index is -0.0257. The molecule has 154 valence electrons. The summed E-state index contributed by atoms with van der Waals surface area (Å²) in [4.78, 5) is 42.0. The third-order valence-corrected chi connectivity index (χ3v) is 6.01. The molecule has 2 atom stereocenters. The van der Waals surface area contributed by atoms with Crippen molar-refractivity contribution in [3.63, 3.8) is 0 Å². The summed E-state index contributed by atoms with van der Waals surface area (Å²) in [5.41, 5.74) is 2.02. The first-order valence-electron chi connectivity index (χ1n) is 10.4. The van der Waals surface area contributed by atoms with E-state index in [2.05, 4.69) is 9.97 Å². The van der Waals surface area contributed by atoms with Crippen molar-refractivity contribution in [2.45, 2.75) is 64.6 Å². The number of fused-ring (bicyclic) bond motifs is 1. The van der Waals surface area contributed by atoms with E-state index >= 15 is 0 Å². The Bertz CT molecular complexity index is 881. The molecule has 0 saturated carbocycles. The van der Waals surface area contributed by atoms with Crippen LogP contribution in [0.5, 0.6) is 0 Å². The molecule has 2 aromatic rings. The molecule has 4 rings (SSSR count). The van der Waals surface area contributed by atoms with Gasteiger partial charge in [-0.3, -0.25) is 9.59 Å². The number of rotatable bonds is 4. The smallest absolute Gasteiger partial charge is 0.224 e. The molecule has 4 heterocycles. The second-order valence-electron chi connectivity index (χ2n) is 8.05. The van der Waals surface area contributed by atoms with E-state index in [1.54, 1.807) is 19.4 Å². The lowest BCUT2D eigenvalue weighted by molar-refractivity contribution is -0.133. The lowest BCUT2D eigenvalue weighted by atomic mass is 10.00. The van der Waals surface area contributed by atoms with Crippen molar-refractivity contribution in [1.29, 1.82) is 0 Å². The van der Waals surface area contributed by atoms with Gasteiger partial charge in [0.15, 0.2) is 5.82 Å². The molecule has 2 aliphatic rings. The molecule has 0 bridgehead atoms. The number of piperidine rings is 1. The lowest BCUT2D eigenvalue weighted by Crippen LogP contribution is -2.39. The highest BCUT2D eigenvalue weighted by atomic mass is 16.2. The Labute approximate surface area is 171 Å². The van der Waals surface area contributed by atoms with Crippen LogP contribution in [0.15, 0.2) is 24.9 Å². The quantitative estimate of drug-likeness (QED) is 0.792. The lowest BCUT2D eigenvalue weighted by Gasteiger charge is -2.35. The third-order valence-electron chi connectivity index (χ3n) is 6.01. The van der Waals surface area contributed by atoms with Gasteiger partial charge in [0.1, 0.15) is 0 Å². The van der Waals surface area contributed by atoms with Gasteiger partial charge in [0, 0.05) is 69.6 Å². The number of aromatic nitrogens is 4. The molecule has 2 amide bonds. The molecule has 0 radical (unpaired) electrons. The highest BCUT2D eigenvalue weighted by Crippen LogP contribution is 2.30. The zero-order chi connectivity index (χ0) is 20.4. The molecule has 0 aliphatic carbocycles. The van der Waals surface area contributed by atoms with Gasteiger partial charge in [0.25, 0.3) is 0 Å². The van der Waals surface area contributed by atoms with Crippen LogP contribution in [0, 0.1) is 0 Å². The largest absolute Gasteiger partial charge is 0.338 e. The second-order valence-corrected chi connectivity index (χ2v) is 8.05. The number of carbonyl (C=O) groups excluding carboxylic acids is 2. The molecule has 29 heavy (non-hydrogen) atoms. The van der Waals surface area contributed by atoms with Crippen molar-refractivity contribution < 1.29 is 9.59 Å². The van der Waals surface area contributed by atoms with E-state index < -0.39 is 0 Å². The number of likely N-dealkylation sites (tertiary alicyclic amines) is 1. The minimum absolute atomic E-state index is 0.0257. The Balaban J connectivity index is 1.44. The molecular formula is C21H28N6O2. The zero-order valence-electron chi connectivity index (χ0n) is 17.1. The maximum absolute atomic E-state index is 12.8. The topological polar surface area (TPSA) is 84.2 Å². The van der Waals surface area contributed by atoms with Crippen LogP contribution in [0.1, 0.15) is 68.7 Å². The SMILES string of the molecule is CC(=O)N1CCCC[C@@H]1c1ncc2c(n1)CCN(C(=O)C[C@@H](C)n1ccnc1)C2. The Morgan fingerprint density at radius 1 is 1.28 bits per heavy atom. The minimum Gasteiger partial charge on any atom is -0.338 e. The molecular weight excluding hydrogens is 368 g/mol. The first-order valence-corrected chi connectivity index (χ1v) is 10.4. The summed E-state index contributed by atoms with van der Waals surface area (Å²) in [5.74, 6) is 0.961. The van der Waals surface area contributed by atoms with E-state index in [1.165, 1.54) is 0 Å². The first kappa shape index (κ1) is 19.5. The molecule has 2 aromatic heterocycles. The van der Waals surface area contributed by atoms with Crippen LogP contribution in [0.2, 0.25) is 0 Å². The van der Waals surface area contributed by atoms with E-state index in [9.17, 15) is 9.59 Å². The Kier molecular flexibility index (Phi) is 5.60. The van der Waals surface area contributed by atoms with E-state index in [4.69, 9.17) is 4.98 Å². The molecule has 1 saturated heterocycles. The predicted octanol–water partition coefficient (Wildman–Crippen LogP) is 2.28. The van der Waals surface area contributed by atoms with Crippen LogP contribution in [-0.4, -0.2) is 54.2 Å². The van der Waals surface area contributed by atoms with Gasteiger partial charge in [-0.25, -0.2) is 15.0 Å². The fourth-order valence-corrected chi connectivity index (χ4v) is 4.30. The number of amides is 2. The van der Waals surface area contributed by atoms with E-state index in [0.717, 1.165) is 49.3 Å². The average molecular weight is 396 g/mol. The van der Waals surface area contributed by atoms with Gasteiger partial charge in [-0.1, -0.05) is 0 Å². The summed E-state index contributed by atoms with van der Waals surface area (Å²) in [6.07, 6.45) is 11.4. The summed E-state index contributed by atoms with van der Waals surface area (Å²) >= 11 is 0. The van der Waals surface area contributed by atoms with E-state index in [0.29, 0.717) is 19.5 Å². The van der Waals surface area contributed by atoms with Crippen LogP contribution in [0.4, 0.5) is 0 Å². The van der Waals surface area contributed by atoms with Crippen LogP contribution >= 0.6 is 0 Å². The summed E-state index contributed by atoms with van der Waals surface area (Å²) in [5, 5.41) is 0. The molecule has 8 heteroatoms. The van der Waals surface area contributed by atoms with E-state index in [1.807, 2.05) is 33.7 Å². The maximum Gasteiger partial charge on any atom is 0.224 e. The monoisotopic (exact) mass is 396 g/mol. The molecule has 2 aliphatic heterocycles. The Morgan fingerprint density at radius 3 is 2.90 bits per heavy atom. The fraction of sp³-hybridized carbons (Fsp3) is 0.571. The van der Waals surface area contributed by atoms with E-state index in [-0.39, 0.29) is 23.9 Å². The molecule has 8 nitrogen and oxygen atoms in total. The zero-order valence-corrected chi connectivity index (χ0v) is 17.1. The standard InChI is InChI=1S/C21H28N6O2/c1-15(26-10-7-22-14-26)11-20(29)25-9-6-18-17(13-25)12-23-21(24-18)19-5-3-4-8-27(19)16(2)28/h7,10,12,14-15,19H,3-6,8-9,11,13H2,1-2H3/t15-,19-/m1/s1. The second kappa shape index (κ2) is 8.31. The summed E-state index contributed by atoms with van der Waals surface area (Å²) in [7, 11) is 0. The van der Waals surface area contributed by atoms with Crippen molar-refractivity contribution >= 4 is 11.8 Å². The Hall–Kier alpha value is -2.77. The van der Waals surface area contributed by atoms with Crippen LogP contribution in [0.25, 0.3) is 0 Å². The normalized spacial score (nSPS) is 20.3. The number of carbonyl (C=O) groups is 2. The van der Waals surface area contributed by atoms with Gasteiger partial charge in [-0.15, -0.1) is 0 Å². The maximum atomic E-state index is 12.8. The first-order chi connectivity index (χ1) is 14.0. The van der Waals surface area contributed by atoms with Gasteiger partial charge >= 0.3 is 0 Å². The molecule has 0 aromatic carbocycles. The van der Waals surface area contributed by atoms with Crippen LogP contribution in [-0.2, 0) is 22.6 Å². The fourth-order valence-electron chi connectivity index (χ4n) is 4.30. The van der Waals surface area contributed by atoms with Gasteiger partial charge in [0.05, 0.1) is 18.1 Å². The van der Waals surface area contributed by atoms with Gasteiger partial charge in [-0.05, 0) is 26.2 Å². The van der Waals surface area contributed by atoms with Crippen molar-refractivity contribution in [3.05, 3.63) is 42.0 Å². The summed E-state index contributed by atoms with van der Waals surface area (Å²) in [6.45, 7) is 5.63. The van der Waals surface area contributed by atoms with Crippen molar-refractivity contribution in [2.75, 3.05) is 13.1 Å². The predicted molar refractivity (Wildman–Crippen MR) is 107 cm³/mol. The average Bonchev–Trinajstić information content (AvgIpc) is 3.28. The van der Waals surface area contributed by atoms with Gasteiger partial charge in [-0.2, -0.15) is 0 Å². The van der Waals surface area contributed by atoms with Crippen LogP contribution < -0.4 is 0 Å². The van der Waals surface area contributed by atoms with Gasteiger partial charge < -0.3 is 14.4 Å². The summed E-state index contributed by atoms with van der Waals surface area (Å²) in [6, 6.07) is 0.0520. The number of hydrogen-bond acceptors (Lipinski definition) is 5. The van der Waals surface area contributed by atoms with Crippen molar-refractivity contribution in [2.24, 2.45) is 0 Å². The number of nitrogens with zero attached hydrogens (tertiary/aromatic N) is 6. The molecule has 0 spiro atoms. The van der Waals surface area contributed by atoms with Gasteiger partial charge in [0.2, 0.25) is 11.8 Å². The van der Waals surface area contributed by atoms with Crippen LogP contribution in [0.3, 0.4) is 0 Å². The Morgan fingerprint density at radius 2 is 2.14 bits per heavy atom. The highest BCUT2D eigenvalue weighted by Gasteiger charge is 2.30. The number of hydrogen-bond donors (Lipinski definition) is 0. The molecule has 0 unspecified atom stereocenters. The highest BCUT2D eigenvalue weighted by molar-refractivity contribution is 5.77. The number of imidazole rings is 1. The molecule has 0 N–H and O–H groups in total. The van der Waals surface area contributed by atoms with Crippen molar-refractivity contribution in [1.82, 2.24) is 29.3 Å². The molecule has 1 fully saturated rings. The van der Waals surface area contributed by atoms with Crippen molar-refractivity contribution in [3.8, 4) is 0 Å². The summed E-state index contributed by atoms with van der Waals surface area (Å²) < 4.78 is 1.95.